The van der Waals surface area contributed by atoms with E-state index in [2.05, 4.69) is 5.32 Å². The third kappa shape index (κ3) is 6.33. The third-order valence-corrected chi connectivity index (χ3v) is 5.31. The number of halogens is 2. The predicted molar refractivity (Wildman–Crippen MR) is 137 cm³/mol. The summed E-state index contributed by atoms with van der Waals surface area (Å²) in [6.07, 6.45) is 6.57. The van der Waals surface area contributed by atoms with E-state index >= 15 is 0 Å². The van der Waals surface area contributed by atoms with E-state index in [0.717, 1.165) is 11.1 Å². The first kappa shape index (κ1) is 25.6. The Balaban J connectivity index is 1.85. The fourth-order valence-electron chi connectivity index (χ4n) is 3.33. The van der Waals surface area contributed by atoms with Crippen molar-refractivity contribution in [2.45, 2.75) is 0 Å². The molecular weight excluding hydrogens is 473 g/mol. The van der Waals surface area contributed by atoms with Crippen LogP contribution in [-0.2, 0) is 0 Å². The summed E-state index contributed by atoms with van der Waals surface area (Å²) >= 11 is 6.42. The molecule has 182 valence electrons. The molecule has 0 aliphatic heterocycles. The van der Waals surface area contributed by atoms with Crippen LogP contribution in [0.2, 0.25) is 5.02 Å². The van der Waals surface area contributed by atoms with Crippen LogP contribution in [0.1, 0.15) is 21.5 Å². The number of carbonyl (C=O) groups is 1. The van der Waals surface area contributed by atoms with E-state index in [-0.39, 0.29) is 5.78 Å². The smallest absolute Gasteiger partial charge is 0.203 e. The molecule has 0 aliphatic rings. The largest absolute Gasteiger partial charge is 0.493 e. The summed E-state index contributed by atoms with van der Waals surface area (Å²) in [6.45, 7) is 0. The molecule has 0 saturated heterocycles. The fourth-order valence-corrected chi connectivity index (χ4v) is 3.64. The first-order chi connectivity index (χ1) is 16.9. The van der Waals surface area contributed by atoms with Crippen LogP contribution in [0.3, 0.4) is 0 Å². The Bertz CT molecular complexity index is 1230. The van der Waals surface area contributed by atoms with Gasteiger partial charge in [0.2, 0.25) is 5.75 Å². The SMILES string of the molecule is COc1cc(/C=C\c2cc(Cl)c(OC)c(N/C=C\C(=O)c3ccc(F)cc3)c2)cc(OC)c1OC. The van der Waals surface area contributed by atoms with Gasteiger partial charge in [0.15, 0.2) is 23.0 Å². The molecule has 3 aromatic carbocycles. The number of anilines is 1. The number of rotatable bonds is 10. The first-order valence-corrected chi connectivity index (χ1v) is 10.9. The van der Waals surface area contributed by atoms with Gasteiger partial charge in [0, 0.05) is 17.8 Å². The molecule has 0 radical (unpaired) electrons. The maximum absolute atomic E-state index is 13.1. The molecule has 6 nitrogen and oxygen atoms in total. The van der Waals surface area contributed by atoms with E-state index in [4.69, 9.17) is 30.5 Å². The van der Waals surface area contributed by atoms with Crippen LogP contribution in [0.25, 0.3) is 12.2 Å². The minimum Gasteiger partial charge on any atom is -0.493 e. The molecule has 0 unspecified atom stereocenters. The Labute approximate surface area is 208 Å². The topological polar surface area (TPSA) is 66.0 Å². The second kappa shape index (κ2) is 11.9. The molecule has 0 heterocycles. The number of carbonyl (C=O) groups excluding carboxylic acids is 1. The van der Waals surface area contributed by atoms with Gasteiger partial charge < -0.3 is 24.3 Å². The Hall–Kier alpha value is -3.97. The predicted octanol–water partition coefficient (Wildman–Crippen LogP) is 6.49. The zero-order chi connectivity index (χ0) is 25.4. The highest BCUT2D eigenvalue weighted by molar-refractivity contribution is 6.32. The summed E-state index contributed by atoms with van der Waals surface area (Å²) < 4.78 is 34.6. The number of benzene rings is 3. The molecule has 0 amide bonds. The maximum Gasteiger partial charge on any atom is 0.203 e. The molecule has 0 fully saturated rings. The van der Waals surface area contributed by atoms with Crippen molar-refractivity contribution < 1.29 is 28.1 Å². The highest BCUT2D eigenvalue weighted by atomic mass is 35.5. The lowest BCUT2D eigenvalue weighted by Gasteiger charge is -2.13. The van der Waals surface area contributed by atoms with Crippen LogP contribution < -0.4 is 24.3 Å². The molecule has 0 bridgehead atoms. The van der Waals surface area contributed by atoms with E-state index in [1.54, 1.807) is 27.4 Å². The number of ether oxygens (including phenoxy) is 4. The van der Waals surface area contributed by atoms with E-state index in [1.807, 2.05) is 30.4 Å². The number of ketones is 1. The quantitative estimate of drug-likeness (QED) is 0.196. The molecule has 3 aromatic rings. The van der Waals surface area contributed by atoms with Crippen LogP contribution in [0.15, 0.2) is 60.8 Å². The molecule has 8 heteroatoms. The number of nitrogens with one attached hydrogen (secondary N) is 1. The molecule has 0 spiro atoms. The number of allylic oxidation sites excluding steroid dienone is 1. The summed E-state index contributed by atoms with van der Waals surface area (Å²) in [4.78, 5) is 12.3. The highest BCUT2D eigenvalue weighted by Gasteiger charge is 2.13. The summed E-state index contributed by atoms with van der Waals surface area (Å²) in [6, 6.07) is 12.6. The van der Waals surface area contributed by atoms with Gasteiger partial charge in [0.1, 0.15) is 5.82 Å². The van der Waals surface area contributed by atoms with Crippen molar-refractivity contribution in [2.24, 2.45) is 0 Å². The van der Waals surface area contributed by atoms with Gasteiger partial charge in [0.25, 0.3) is 0 Å². The minimum absolute atomic E-state index is 0.277. The van der Waals surface area contributed by atoms with Crippen molar-refractivity contribution in [3.05, 3.63) is 88.3 Å². The van der Waals surface area contributed by atoms with Gasteiger partial charge in [-0.3, -0.25) is 4.79 Å². The van der Waals surface area contributed by atoms with Crippen LogP contribution in [0.5, 0.6) is 23.0 Å². The van der Waals surface area contributed by atoms with Crippen LogP contribution >= 0.6 is 11.6 Å². The van der Waals surface area contributed by atoms with E-state index in [1.165, 1.54) is 43.7 Å². The van der Waals surface area contributed by atoms with Crippen molar-refractivity contribution in [1.29, 1.82) is 0 Å². The molecular formula is C27H25ClFNO5. The van der Waals surface area contributed by atoms with Gasteiger partial charge in [-0.1, -0.05) is 23.8 Å². The average Bonchev–Trinajstić information content (AvgIpc) is 2.86. The second-order valence-electron chi connectivity index (χ2n) is 7.22. The number of methoxy groups -OCH3 is 4. The standard InChI is InChI=1S/C27H25ClFNO5/c1-32-24-15-18(16-25(33-2)27(24)35-4)6-5-17-13-21(28)26(34-3)22(14-17)30-12-11-23(31)19-7-9-20(29)10-8-19/h5-16,30H,1-4H3/b6-5-,12-11-. The number of hydrogen-bond acceptors (Lipinski definition) is 6. The lowest BCUT2D eigenvalue weighted by molar-refractivity contribution is 0.104. The summed E-state index contributed by atoms with van der Waals surface area (Å²) in [7, 11) is 6.16. The van der Waals surface area contributed by atoms with Gasteiger partial charge in [-0.15, -0.1) is 0 Å². The van der Waals surface area contributed by atoms with Crippen molar-refractivity contribution >= 4 is 35.2 Å². The Kier molecular flexibility index (Phi) is 8.75. The Morgan fingerprint density at radius 3 is 1.94 bits per heavy atom. The van der Waals surface area contributed by atoms with Gasteiger partial charge in [0.05, 0.1) is 39.1 Å². The highest BCUT2D eigenvalue weighted by Crippen LogP contribution is 2.39. The minimum atomic E-state index is -0.403. The lowest BCUT2D eigenvalue weighted by atomic mass is 10.1. The molecule has 0 saturated carbocycles. The number of hydrogen-bond donors (Lipinski definition) is 1. The lowest BCUT2D eigenvalue weighted by Crippen LogP contribution is -1.98. The Morgan fingerprint density at radius 1 is 0.829 bits per heavy atom. The van der Waals surface area contributed by atoms with Crippen LogP contribution in [0, 0.1) is 5.82 Å². The van der Waals surface area contributed by atoms with Gasteiger partial charge in [-0.2, -0.15) is 0 Å². The molecule has 0 aromatic heterocycles. The van der Waals surface area contributed by atoms with Gasteiger partial charge in [-0.25, -0.2) is 4.39 Å². The second-order valence-corrected chi connectivity index (χ2v) is 7.63. The fraction of sp³-hybridized carbons (Fsp3) is 0.148. The molecule has 3 rings (SSSR count). The summed E-state index contributed by atoms with van der Waals surface area (Å²) in [5.41, 5.74) is 2.54. The van der Waals surface area contributed by atoms with Crippen molar-refractivity contribution in [1.82, 2.24) is 0 Å². The molecule has 1 N–H and O–H groups in total. The van der Waals surface area contributed by atoms with Crippen LogP contribution in [0.4, 0.5) is 10.1 Å². The average molecular weight is 498 g/mol. The third-order valence-electron chi connectivity index (χ3n) is 5.03. The molecule has 35 heavy (non-hydrogen) atoms. The van der Waals surface area contributed by atoms with E-state index < -0.39 is 5.82 Å². The van der Waals surface area contributed by atoms with Crippen LogP contribution in [-0.4, -0.2) is 34.2 Å². The van der Waals surface area contributed by atoms with Crippen molar-refractivity contribution in [3.8, 4) is 23.0 Å². The zero-order valence-electron chi connectivity index (χ0n) is 19.7. The van der Waals surface area contributed by atoms with E-state index in [0.29, 0.717) is 39.3 Å². The maximum atomic E-state index is 13.1. The van der Waals surface area contributed by atoms with Gasteiger partial charge in [-0.05, 0) is 59.7 Å². The molecule has 0 aliphatic carbocycles. The Morgan fingerprint density at radius 2 is 1.40 bits per heavy atom. The van der Waals surface area contributed by atoms with Crippen molar-refractivity contribution in [3.63, 3.8) is 0 Å². The summed E-state index contributed by atoms with van der Waals surface area (Å²) in [5.74, 6) is 1.33. The normalized spacial score (nSPS) is 11.0. The van der Waals surface area contributed by atoms with Gasteiger partial charge >= 0.3 is 0 Å². The molecule has 0 atom stereocenters. The van der Waals surface area contributed by atoms with Crippen molar-refractivity contribution in [2.75, 3.05) is 33.8 Å². The zero-order valence-corrected chi connectivity index (χ0v) is 20.5. The first-order valence-electron chi connectivity index (χ1n) is 10.5. The van der Waals surface area contributed by atoms with E-state index in [9.17, 15) is 9.18 Å². The summed E-state index contributed by atoms with van der Waals surface area (Å²) in [5, 5.41) is 3.42. The monoisotopic (exact) mass is 497 g/mol.